The molecule has 0 bridgehead atoms. The number of aromatic nitrogens is 1. The van der Waals surface area contributed by atoms with Crippen molar-refractivity contribution in [2.24, 2.45) is 0 Å². The molecule has 0 atom stereocenters. The minimum Gasteiger partial charge on any atom is -0.379 e. The molecule has 148 valence electrons. The Labute approximate surface area is 159 Å². The topological polar surface area (TPSA) is 51.7 Å². The maximum absolute atomic E-state index is 11.6. The molecule has 1 saturated heterocycles. The highest BCUT2D eigenvalue weighted by Crippen LogP contribution is 2.27. The number of Topliss-reactive ketones (excluding diaryl/α,β-unsaturated/α-hetero) is 1. The lowest BCUT2D eigenvalue weighted by Gasteiger charge is -2.31. The third kappa shape index (κ3) is 7.94. The number of rotatable bonds is 10. The normalized spacial score (nSPS) is 15.4. The molecule has 2 heterocycles. The molecule has 0 aromatic carbocycles. The first-order valence-electron chi connectivity index (χ1n) is 10.1. The van der Waals surface area contributed by atoms with Crippen LogP contribution in [0.15, 0.2) is 18.3 Å². The Bertz CT molecular complexity index is 483. The Balaban J connectivity index is 0.00000163. The van der Waals surface area contributed by atoms with E-state index in [1.807, 2.05) is 40.0 Å². The highest BCUT2D eigenvalue weighted by atomic mass is 16.5. The number of carbonyl (C=O) groups excluding carboxylic acids is 1. The van der Waals surface area contributed by atoms with Crippen molar-refractivity contribution in [1.29, 1.82) is 0 Å². The molecule has 0 aliphatic carbocycles. The van der Waals surface area contributed by atoms with E-state index in [1.165, 1.54) is 5.56 Å². The van der Waals surface area contributed by atoms with E-state index < -0.39 is 0 Å². The summed E-state index contributed by atoms with van der Waals surface area (Å²) in [4.78, 5) is 18.4. The van der Waals surface area contributed by atoms with E-state index in [0.29, 0.717) is 31.2 Å². The molecule has 5 nitrogen and oxygen atoms in total. The summed E-state index contributed by atoms with van der Waals surface area (Å²) in [5.41, 5.74) is 1.85. The van der Waals surface area contributed by atoms with Crippen molar-refractivity contribution in [3.05, 3.63) is 29.6 Å². The van der Waals surface area contributed by atoms with Crippen LogP contribution < -0.4 is 0 Å². The third-order valence-corrected chi connectivity index (χ3v) is 4.58. The molecular formula is C21H36N2O3. The van der Waals surface area contributed by atoms with Crippen LogP contribution in [0.25, 0.3) is 0 Å². The first kappa shape index (κ1) is 22.7. The van der Waals surface area contributed by atoms with Gasteiger partial charge in [0.25, 0.3) is 0 Å². The van der Waals surface area contributed by atoms with Crippen molar-refractivity contribution in [2.45, 2.75) is 52.9 Å². The van der Waals surface area contributed by atoms with E-state index in [0.717, 1.165) is 45.7 Å². The molecule has 0 spiro atoms. The Kier molecular flexibility index (Phi) is 12.1. The van der Waals surface area contributed by atoms with Crippen molar-refractivity contribution in [2.75, 3.05) is 46.1 Å². The highest BCUT2D eigenvalue weighted by Gasteiger charge is 2.20. The molecule has 1 aromatic rings. The Morgan fingerprint density at radius 2 is 1.81 bits per heavy atom. The molecule has 0 saturated carbocycles. The Morgan fingerprint density at radius 3 is 2.38 bits per heavy atom. The van der Waals surface area contributed by atoms with Crippen LogP contribution in [-0.2, 0) is 9.47 Å². The van der Waals surface area contributed by atoms with Gasteiger partial charge in [-0.15, -0.1) is 0 Å². The minimum atomic E-state index is 0.112. The van der Waals surface area contributed by atoms with Gasteiger partial charge in [0, 0.05) is 25.8 Å². The number of hydrogen-bond acceptors (Lipinski definition) is 5. The zero-order valence-corrected chi connectivity index (χ0v) is 17.0. The number of carbonyl (C=O) groups is 1. The monoisotopic (exact) mass is 364 g/mol. The van der Waals surface area contributed by atoms with Gasteiger partial charge in [-0.05, 0) is 50.4 Å². The summed E-state index contributed by atoms with van der Waals surface area (Å²) < 4.78 is 10.8. The summed E-state index contributed by atoms with van der Waals surface area (Å²) in [5, 5.41) is 0. The van der Waals surface area contributed by atoms with Gasteiger partial charge in [-0.25, -0.2) is 0 Å². The van der Waals surface area contributed by atoms with Crippen LogP contribution >= 0.6 is 0 Å². The highest BCUT2D eigenvalue weighted by molar-refractivity contribution is 5.93. The summed E-state index contributed by atoms with van der Waals surface area (Å²) in [6, 6.07) is 3.95. The fourth-order valence-electron chi connectivity index (χ4n) is 3.04. The molecule has 5 heteroatoms. The SMILES string of the molecule is CC.CCOCCOCCN1CCC(c2ccc(C(=O)CC)nc2)CC1. The molecule has 0 amide bonds. The van der Waals surface area contributed by atoms with Crippen LogP contribution in [0.3, 0.4) is 0 Å². The predicted octanol–water partition coefficient (Wildman–Crippen LogP) is 3.93. The number of piperidine rings is 1. The summed E-state index contributed by atoms with van der Waals surface area (Å²) in [5.74, 6) is 0.666. The quantitative estimate of drug-likeness (QED) is 0.465. The van der Waals surface area contributed by atoms with Gasteiger partial charge < -0.3 is 14.4 Å². The van der Waals surface area contributed by atoms with Gasteiger partial charge >= 0.3 is 0 Å². The zero-order valence-electron chi connectivity index (χ0n) is 17.0. The van der Waals surface area contributed by atoms with E-state index in [-0.39, 0.29) is 5.78 Å². The molecule has 1 fully saturated rings. The van der Waals surface area contributed by atoms with Gasteiger partial charge in [-0.2, -0.15) is 0 Å². The third-order valence-electron chi connectivity index (χ3n) is 4.58. The van der Waals surface area contributed by atoms with Gasteiger partial charge in [0.1, 0.15) is 5.69 Å². The van der Waals surface area contributed by atoms with Gasteiger partial charge in [0.15, 0.2) is 5.78 Å². The number of hydrogen-bond donors (Lipinski definition) is 0. The number of ketones is 1. The summed E-state index contributed by atoms with van der Waals surface area (Å²) in [6.45, 7) is 13.9. The van der Waals surface area contributed by atoms with Gasteiger partial charge in [0.05, 0.1) is 19.8 Å². The van der Waals surface area contributed by atoms with E-state index >= 15 is 0 Å². The Hall–Kier alpha value is -1.30. The molecule has 0 radical (unpaired) electrons. The van der Waals surface area contributed by atoms with Crippen LogP contribution in [0.4, 0.5) is 0 Å². The number of ether oxygens (including phenoxy) is 2. The van der Waals surface area contributed by atoms with Crippen LogP contribution in [0, 0.1) is 0 Å². The average Bonchev–Trinajstić information content (AvgIpc) is 2.72. The molecule has 2 rings (SSSR count). The largest absolute Gasteiger partial charge is 0.379 e. The average molecular weight is 365 g/mol. The van der Waals surface area contributed by atoms with Crippen molar-refractivity contribution < 1.29 is 14.3 Å². The van der Waals surface area contributed by atoms with E-state index in [4.69, 9.17) is 9.47 Å². The summed E-state index contributed by atoms with van der Waals surface area (Å²) >= 11 is 0. The predicted molar refractivity (Wildman–Crippen MR) is 106 cm³/mol. The van der Waals surface area contributed by atoms with Crippen LogP contribution in [0.5, 0.6) is 0 Å². The van der Waals surface area contributed by atoms with E-state index in [9.17, 15) is 4.79 Å². The molecule has 1 aromatic heterocycles. The first-order valence-corrected chi connectivity index (χ1v) is 10.1. The second-order valence-corrected chi connectivity index (χ2v) is 6.18. The lowest BCUT2D eigenvalue weighted by Crippen LogP contribution is -2.35. The summed E-state index contributed by atoms with van der Waals surface area (Å²) in [7, 11) is 0. The van der Waals surface area contributed by atoms with Crippen LogP contribution in [0.1, 0.15) is 68.9 Å². The standard InChI is InChI=1S/C19H30N2O3.C2H6/c1-3-19(22)18-6-5-17(15-20-18)16-7-9-21(10-8-16)11-12-24-14-13-23-4-2;1-2/h5-6,15-16H,3-4,7-14H2,1-2H3;1-2H3. The molecule has 26 heavy (non-hydrogen) atoms. The van der Waals surface area contributed by atoms with E-state index in [2.05, 4.69) is 16.0 Å². The van der Waals surface area contributed by atoms with Crippen LogP contribution in [-0.4, -0.2) is 61.7 Å². The number of nitrogens with zero attached hydrogens (tertiary/aromatic N) is 2. The number of pyridine rings is 1. The van der Waals surface area contributed by atoms with Gasteiger partial charge in [-0.3, -0.25) is 9.78 Å². The molecular weight excluding hydrogens is 328 g/mol. The van der Waals surface area contributed by atoms with Gasteiger partial charge in [0.2, 0.25) is 0 Å². The molecule has 0 unspecified atom stereocenters. The smallest absolute Gasteiger partial charge is 0.180 e. The fourth-order valence-corrected chi connectivity index (χ4v) is 3.04. The summed E-state index contributed by atoms with van der Waals surface area (Å²) in [6.07, 6.45) is 4.68. The molecule has 0 N–H and O–H groups in total. The van der Waals surface area contributed by atoms with E-state index in [1.54, 1.807) is 0 Å². The molecule has 1 aliphatic heterocycles. The lowest BCUT2D eigenvalue weighted by atomic mass is 9.90. The Morgan fingerprint density at radius 1 is 1.12 bits per heavy atom. The maximum Gasteiger partial charge on any atom is 0.180 e. The van der Waals surface area contributed by atoms with Crippen molar-refractivity contribution >= 4 is 5.78 Å². The fraction of sp³-hybridized carbons (Fsp3) is 0.714. The maximum atomic E-state index is 11.6. The van der Waals surface area contributed by atoms with Crippen LogP contribution in [0.2, 0.25) is 0 Å². The van der Waals surface area contributed by atoms with Gasteiger partial charge in [-0.1, -0.05) is 26.8 Å². The minimum absolute atomic E-state index is 0.112. The molecule has 1 aliphatic rings. The van der Waals surface area contributed by atoms with Crippen molar-refractivity contribution in [3.8, 4) is 0 Å². The first-order chi connectivity index (χ1) is 12.7. The number of likely N-dealkylation sites (tertiary alicyclic amines) is 1. The van der Waals surface area contributed by atoms with Crippen molar-refractivity contribution in [1.82, 2.24) is 9.88 Å². The van der Waals surface area contributed by atoms with Crippen molar-refractivity contribution in [3.63, 3.8) is 0 Å². The second kappa shape index (κ2) is 13.8. The zero-order chi connectivity index (χ0) is 19.2. The lowest BCUT2D eigenvalue weighted by molar-refractivity contribution is 0.0399. The second-order valence-electron chi connectivity index (χ2n) is 6.18.